The lowest BCUT2D eigenvalue weighted by Gasteiger charge is -2.09. The lowest BCUT2D eigenvalue weighted by molar-refractivity contribution is -0.137. The first-order chi connectivity index (χ1) is 7.45. The van der Waals surface area contributed by atoms with Crippen LogP contribution in [-0.2, 0) is 17.4 Å². The second kappa shape index (κ2) is 5.21. The normalized spacial score (nSPS) is 12.1. The van der Waals surface area contributed by atoms with E-state index in [1.54, 1.807) is 0 Å². The fraction of sp³-hybridized carbons (Fsp3) is 0.300. The summed E-state index contributed by atoms with van der Waals surface area (Å²) in [4.78, 5) is 4.41. The third-order valence-electron chi connectivity index (χ3n) is 1.84. The van der Waals surface area contributed by atoms with Crippen molar-refractivity contribution in [1.82, 2.24) is 0 Å². The molecule has 0 aliphatic heterocycles. The van der Waals surface area contributed by atoms with Gasteiger partial charge in [0.05, 0.1) is 10.6 Å². The zero-order chi connectivity index (χ0) is 12.2. The molecule has 0 fully saturated rings. The number of oxime groups is 1. The smallest absolute Gasteiger partial charge is 0.399 e. The van der Waals surface area contributed by atoms with E-state index in [4.69, 9.17) is 11.6 Å². The highest BCUT2D eigenvalue weighted by molar-refractivity contribution is 6.31. The third kappa shape index (κ3) is 3.41. The lowest BCUT2D eigenvalue weighted by atomic mass is 10.1. The average molecular weight is 252 g/mol. The zero-order valence-corrected chi connectivity index (χ0v) is 9.14. The molecule has 1 rings (SSSR count). The molecule has 2 nitrogen and oxygen atoms in total. The zero-order valence-electron chi connectivity index (χ0n) is 8.38. The summed E-state index contributed by atoms with van der Waals surface area (Å²) in [6.45, 7) is 0. The van der Waals surface area contributed by atoms with Gasteiger partial charge in [0.2, 0.25) is 0 Å². The molecule has 0 aliphatic rings. The molecular weight excluding hydrogens is 243 g/mol. The predicted octanol–water partition coefficient (Wildman–Crippen LogP) is 3.53. The number of hydrogen-bond acceptors (Lipinski definition) is 2. The Morgan fingerprint density at radius 2 is 2.12 bits per heavy atom. The van der Waals surface area contributed by atoms with Gasteiger partial charge in [0.1, 0.15) is 7.11 Å². The van der Waals surface area contributed by atoms with E-state index in [1.165, 1.54) is 25.5 Å². The SMILES string of the molecule is CON=CCc1ccc(Cl)c(C(F)(F)F)c1. The van der Waals surface area contributed by atoms with Crippen LogP contribution >= 0.6 is 11.6 Å². The number of alkyl halides is 3. The minimum absolute atomic E-state index is 0.258. The van der Waals surface area contributed by atoms with E-state index < -0.39 is 11.7 Å². The van der Waals surface area contributed by atoms with Crippen LogP contribution in [0.1, 0.15) is 11.1 Å². The van der Waals surface area contributed by atoms with Crippen molar-refractivity contribution in [3.63, 3.8) is 0 Å². The minimum atomic E-state index is -4.44. The van der Waals surface area contributed by atoms with E-state index >= 15 is 0 Å². The Labute approximate surface area is 95.7 Å². The van der Waals surface area contributed by atoms with Crippen molar-refractivity contribution in [3.8, 4) is 0 Å². The molecule has 0 amide bonds. The monoisotopic (exact) mass is 251 g/mol. The van der Waals surface area contributed by atoms with Crippen LogP contribution in [0, 0.1) is 0 Å². The lowest BCUT2D eigenvalue weighted by Crippen LogP contribution is -2.06. The van der Waals surface area contributed by atoms with Crippen molar-refractivity contribution >= 4 is 17.8 Å². The summed E-state index contributed by atoms with van der Waals surface area (Å²) < 4.78 is 37.4. The van der Waals surface area contributed by atoms with E-state index in [2.05, 4.69) is 9.99 Å². The molecule has 16 heavy (non-hydrogen) atoms. The number of benzene rings is 1. The van der Waals surface area contributed by atoms with Crippen molar-refractivity contribution in [2.45, 2.75) is 12.6 Å². The first-order valence-electron chi connectivity index (χ1n) is 4.35. The van der Waals surface area contributed by atoms with E-state index in [0.29, 0.717) is 5.56 Å². The first kappa shape index (κ1) is 12.8. The van der Waals surface area contributed by atoms with Crippen molar-refractivity contribution in [3.05, 3.63) is 34.3 Å². The highest BCUT2D eigenvalue weighted by Crippen LogP contribution is 2.35. The molecule has 0 N–H and O–H groups in total. The van der Waals surface area contributed by atoms with E-state index in [9.17, 15) is 13.2 Å². The maximum absolute atomic E-state index is 12.5. The molecule has 1 aromatic rings. The fourth-order valence-corrected chi connectivity index (χ4v) is 1.36. The van der Waals surface area contributed by atoms with Gasteiger partial charge >= 0.3 is 6.18 Å². The Hall–Kier alpha value is -1.23. The van der Waals surface area contributed by atoms with Gasteiger partial charge in [-0.1, -0.05) is 22.8 Å². The standard InChI is InChI=1S/C10H9ClF3NO/c1-16-15-5-4-7-2-3-9(11)8(6-7)10(12,13)14/h2-3,5-6H,4H2,1H3. The van der Waals surface area contributed by atoms with Crippen LogP contribution in [0.2, 0.25) is 5.02 Å². The molecule has 1 aromatic carbocycles. The van der Waals surface area contributed by atoms with Gasteiger partial charge in [0, 0.05) is 12.6 Å². The van der Waals surface area contributed by atoms with Crippen LogP contribution < -0.4 is 0 Å². The second-order valence-corrected chi connectivity index (χ2v) is 3.39. The van der Waals surface area contributed by atoms with E-state index in [0.717, 1.165) is 6.07 Å². The summed E-state index contributed by atoms with van der Waals surface area (Å²) in [6, 6.07) is 3.74. The highest BCUT2D eigenvalue weighted by Gasteiger charge is 2.33. The van der Waals surface area contributed by atoms with Crippen LogP contribution in [0.15, 0.2) is 23.4 Å². The number of halogens is 4. The Bertz CT molecular complexity index is 390. The predicted molar refractivity (Wildman–Crippen MR) is 55.7 cm³/mol. The van der Waals surface area contributed by atoms with Gasteiger partial charge in [-0.3, -0.25) is 0 Å². The van der Waals surface area contributed by atoms with E-state index in [1.807, 2.05) is 0 Å². The minimum Gasteiger partial charge on any atom is -0.399 e. The largest absolute Gasteiger partial charge is 0.417 e. The summed E-state index contributed by atoms with van der Waals surface area (Å²) in [5, 5.41) is 3.14. The highest BCUT2D eigenvalue weighted by atomic mass is 35.5. The van der Waals surface area contributed by atoms with Gasteiger partial charge in [-0.15, -0.1) is 0 Å². The summed E-state index contributed by atoms with van der Waals surface area (Å²) >= 11 is 5.46. The van der Waals surface area contributed by atoms with Gasteiger partial charge in [-0.05, 0) is 17.7 Å². The second-order valence-electron chi connectivity index (χ2n) is 2.99. The molecule has 6 heteroatoms. The van der Waals surface area contributed by atoms with E-state index in [-0.39, 0.29) is 11.4 Å². The number of nitrogens with zero attached hydrogens (tertiary/aromatic N) is 1. The third-order valence-corrected chi connectivity index (χ3v) is 2.17. The van der Waals surface area contributed by atoms with Gasteiger partial charge in [-0.2, -0.15) is 13.2 Å². The van der Waals surface area contributed by atoms with Gasteiger partial charge in [-0.25, -0.2) is 0 Å². The summed E-state index contributed by atoms with van der Waals surface area (Å²) in [7, 11) is 1.36. The molecule has 0 heterocycles. The van der Waals surface area contributed by atoms with Crippen LogP contribution in [0.3, 0.4) is 0 Å². The average Bonchev–Trinajstić information content (AvgIpc) is 2.19. The quantitative estimate of drug-likeness (QED) is 0.595. The van der Waals surface area contributed by atoms with Crippen molar-refractivity contribution in [2.75, 3.05) is 7.11 Å². The van der Waals surface area contributed by atoms with Crippen LogP contribution in [-0.4, -0.2) is 13.3 Å². The molecule has 0 bridgehead atoms. The molecule has 0 saturated heterocycles. The van der Waals surface area contributed by atoms with Crippen molar-refractivity contribution < 1.29 is 18.0 Å². The van der Waals surface area contributed by atoms with Crippen LogP contribution in [0.25, 0.3) is 0 Å². The maximum Gasteiger partial charge on any atom is 0.417 e. The van der Waals surface area contributed by atoms with Crippen molar-refractivity contribution in [1.29, 1.82) is 0 Å². The summed E-state index contributed by atoms with van der Waals surface area (Å²) in [6.07, 6.45) is -2.80. The topological polar surface area (TPSA) is 21.6 Å². The van der Waals surface area contributed by atoms with Crippen molar-refractivity contribution in [2.24, 2.45) is 5.16 Å². The van der Waals surface area contributed by atoms with Crippen LogP contribution in [0.4, 0.5) is 13.2 Å². The molecule has 0 unspecified atom stereocenters. The molecule has 88 valence electrons. The number of rotatable bonds is 3. The molecule has 0 spiro atoms. The molecular formula is C10H9ClF3NO. The van der Waals surface area contributed by atoms with Gasteiger partial charge in [0.15, 0.2) is 0 Å². The Balaban J connectivity index is 2.94. The Morgan fingerprint density at radius 3 is 2.69 bits per heavy atom. The molecule has 0 radical (unpaired) electrons. The first-order valence-corrected chi connectivity index (χ1v) is 4.73. The summed E-state index contributed by atoms with van der Waals surface area (Å²) in [5.41, 5.74) is -0.366. The fourth-order valence-electron chi connectivity index (χ4n) is 1.13. The summed E-state index contributed by atoms with van der Waals surface area (Å²) in [5.74, 6) is 0. The molecule has 0 saturated carbocycles. The van der Waals surface area contributed by atoms with Crippen LogP contribution in [0.5, 0.6) is 0 Å². The molecule has 0 atom stereocenters. The Morgan fingerprint density at radius 1 is 1.44 bits per heavy atom. The molecule has 0 aliphatic carbocycles. The molecule has 0 aromatic heterocycles. The maximum atomic E-state index is 12.5. The Kier molecular flexibility index (Phi) is 4.18. The number of hydrogen-bond donors (Lipinski definition) is 0. The van der Waals surface area contributed by atoms with Gasteiger partial charge in [0.25, 0.3) is 0 Å². The van der Waals surface area contributed by atoms with Gasteiger partial charge < -0.3 is 4.84 Å².